The Bertz CT molecular complexity index is 427. The second-order valence-corrected chi connectivity index (χ2v) is 5.98. The average molecular weight is 302 g/mol. The topological polar surface area (TPSA) is 23.5 Å². The standard InChI is InChI=1S/C16H24FNO.ClH/c1-18(2)12-11-16(19)10-6-5-8-14(16)13-7-3-4-9-15(13)17;/h3-4,7,9,14,19H,5-6,8,10-12H2,1-2H3;1H/t14-,16+;/m1./s1. The smallest absolute Gasteiger partial charge is 0.126 e. The lowest BCUT2D eigenvalue weighted by Crippen LogP contribution is -2.41. The zero-order valence-corrected chi connectivity index (χ0v) is 13.1. The van der Waals surface area contributed by atoms with Gasteiger partial charge in [-0.2, -0.15) is 0 Å². The van der Waals surface area contributed by atoms with Crippen LogP contribution in [0.4, 0.5) is 4.39 Å². The number of halogens is 2. The molecule has 2 atom stereocenters. The molecular weight excluding hydrogens is 277 g/mol. The van der Waals surface area contributed by atoms with Gasteiger partial charge in [-0.05, 0) is 45.0 Å². The highest BCUT2D eigenvalue weighted by molar-refractivity contribution is 5.85. The van der Waals surface area contributed by atoms with Crippen molar-refractivity contribution in [1.29, 1.82) is 0 Å². The summed E-state index contributed by atoms with van der Waals surface area (Å²) >= 11 is 0. The average Bonchev–Trinajstić information content (AvgIpc) is 2.38. The lowest BCUT2D eigenvalue weighted by Gasteiger charge is -2.41. The molecule has 0 unspecified atom stereocenters. The first kappa shape index (κ1) is 17.4. The number of nitrogens with zero attached hydrogens (tertiary/aromatic N) is 1. The molecule has 1 aromatic carbocycles. The summed E-state index contributed by atoms with van der Waals surface area (Å²) in [5, 5.41) is 11.0. The van der Waals surface area contributed by atoms with Crippen LogP contribution in [0.1, 0.15) is 43.6 Å². The molecule has 0 aromatic heterocycles. The minimum atomic E-state index is -0.759. The maximum Gasteiger partial charge on any atom is 0.126 e. The molecule has 1 aliphatic carbocycles. The van der Waals surface area contributed by atoms with Crippen molar-refractivity contribution >= 4 is 12.4 Å². The van der Waals surface area contributed by atoms with E-state index in [4.69, 9.17) is 0 Å². The predicted molar refractivity (Wildman–Crippen MR) is 83.0 cm³/mol. The maximum atomic E-state index is 14.0. The zero-order valence-electron chi connectivity index (χ0n) is 12.3. The van der Waals surface area contributed by atoms with E-state index in [-0.39, 0.29) is 24.1 Å². The molecule has 0 heterocycles. The van der Waals surface area contributed by atoms with Crippen LogP contribution < -0.4 is 0 Å². The van der Waals surface area contributed by atoms with E-state index < -0.39 is 5.60 Å². The minimum Gasteiger partial charge on any atom is -0.389 e. The van der Waals surface area contributed by atoms with E-state index >= 15 is 0 Å². The molecule has 0 spiro atoms. The van der Waals surface area contributed by atoms with Crippen LogP contribution in [0.25, 0.3) is 0 Å². The van der Waals surface area contributed by atoms with E-state index in [0.29, 0.717) is 12.0 Å². The number of rotatable bonds is 4. The third-order valence-electron chi connectivity index (χ3n) is 4.27. The summed E-state index contributed by atoms with van der Waals surface area (Å²) in [5.41, 5.74) is -0.0755. The first-order valence-corrected chi connectivity index (χ1v) is 7.14. The summed E-state index contributed by atoms with van der Waals surface area (Å²) in [7, 11) is 4.01. The lowest BCUT2D eigenvalue weighted by molar-refractivity contribution is -0.0296. The van der Waals surface area contributed by atoms with Gasteiger partial charge in [-0.25, -0.2) is 4.39 Å². The zero-order chi connectivity index (χ0) is 13.9. The molecule has 1 aromatic rings. The molecule has 1 fully saturated rings. The van der Waals surface area contributed by atoms with E-state index in [0.717, 1.165) is 32.2 Å². The summed E-state index contributed by atoms with van der Waals surface area (Å²) in [5.74, 6) is -0.250. The Hall–Kier alpha value is -0.640. The Morgan fingerprint density at radius 3 is 2.65 bits per heavy atom. The molecule has 0 bridgehead atoms. The molecule has 4 heteroatoms. The van der Waals surface area contributed by atoms with Gasteiger partial charge in [0.05, 0.1) is 5.60 Å². The van der Waals surface area contributed by atoms with Gasteiger partial charge in [0.15, 0.2) is 0 Å². The van der Waals surface area contributed by atoms with Crippen LogP contribution in [-0.2, 0) is 0 Å². The van der Waals surface area contributed by atoms with Crippen molar-refractivity contribution in [3.63, 3.8) is 0 Å². The molecule has 0 aliphatic heterocycles. The van der Waals surface area contributed by atoms with Crippen LogP contribution in [0, 0.1) is 5.82 Å². The van der Waals surface area contributed by atoms with E-state index in [1.807, 2.05) is 26.2 Å². The fourth-order valence-electron chi connectivity index (χ4n) is 3.14. The van der Waals surface area contributed by atoms with Crippen molar-refractivity contribution in [2.45, 2.75) is 43.6 Å². The largest absolute Gasteiger partial charge is 0.389 e. The van der Waals surface area contributed by atoms with E-state index in [1.165, 1.54) is 6.07 Å². The molecular formula is C16H25ClFNO. The summed E-state index contributed by atoms with van der Waals surface area (Å²) in [6.45, 7) is 0.835. The maximum absolute atomic E-state index is 14.0. The molecule has 20 heavy (non-hydrogen) atoms. The molecule has 114 valence electrons. The number of hydrogen-bond donors (Lipinski definition) is 1. The monoisotopic (exact) mass is 301 g/mol. The highest BCUT2D eigenvalue weighted by atomic mass is 35.5. The van der Waals surface area contributed by atoms with Gasteiger partial charge in [-0.15, -0.1) is 12.4 Å². The first-order chi connectivity index (χ1) is 9.03. The highest BCUT2D eigenvalue weighted by Gasteiger charge is 2.40. The predicted octanol–water partition coefficient (Wildman–Crippen LogP) is 3.59. The SMILES string of the molecule is CN(C)CC[C@@]1(O)CCCC[C@@H]1c1ccccc1F.Cl. The fourth-order valence-corrected chi connectivity index (χ4v) is 3.14. The van der Waals surface area contributed by atoms with Crippen LogP contribution in [0.2, 0.25) is 0 Å². The summed E-state index contributed by atoms with van der Waals surface area (Å²) < 4.78 is 14.0. The van der Waals surface area contributed by atoms with Crippen molar-refractivity contribution in [2.24, 2.45) is 0 Å². The third kappa shape index (κ3) is 3.94. The number of hydrogen-bond acceptors (Lipinski definition) is 2. The Morgan fingerprint density at radius 2 is 2.00 bits per heavy atom. The third-order valence-corrected chi connectivity index (χ3v) is 4.27. The van der Waals surface area contributed by atoms with E-state index in [1.54, 1.807) is 6.07 Å². The second-order valence-electron chi connectivity index (χ2n) is 5.98. The van der Waals surface area contributed by atoms with Crippen LogP contribution >= 0.6 is 12.4 Å². The van der Waals surface area contributed by atoms with Gasteiger partial charge >= 0.3 is 0 Å². The van der Waals surface area contributed by atoms with Crippen LogP contribution in [0.5, 0.6) is 0 Å². The van der Waals surface area contributed by atoms with Crippen molar-refractivity contribution in [2.75, 3.05) is 20.6 Å². The molecule has 0 radical (unpaired) electrons. The van der Waals surface area contributed by atoms with Gasteiger partial charge in [0.25, 0.3) is 0 Å². The van der Waals surface area contributed by atoms with Crippen molar-refractivity contribution in [3.8, 4) is 0 Å². The van der Waals surface area contributed by atoms with Gasteiger partial charge in [0.1, 0.15) is 5.82 Å². The molecule has 0 saturated heterocycles. The lowest BCUT2D eigenvalue weighted by atomic mass is 9.70. The molecule has 2 nitrogen and oxygen atoms in total. The number of aliphatic hydroxyl groups is 1. The summed E-state index contributed by atoms with van der Waals surface area (Å²) in [6.07, 6.45) is 4.47. The van der Waals surface area contributed by atoms with Crippen molar-refractivity contribution < 1.29 is 9.50 Å². The molecule has 1 N–H and O–H groups in total. The van der Waals surface area contributed by atoms with Crippen LogP contribution in [0.3, 0.4) is 0 Å². The first-order valence-electron chi connectivity index (χ1n) is 7.14. The van der Waals surface area contributed by atoms with E-state index in [2.05, 4.69) is 4.90 Å². The second kappa shape index (κ2) is 7.39. The Morgan fingerprint density at radius 1 is 1.30 bits per heavy atom. The van der Waals surface area contributed by atoms with Gasteiger partial charge in [0, 0.05) is 12.5 Å². The highest BCUT2D eigenvalue weighted by Crippen LogP contribution is 2.43. The van der Waals surface area contributed by atoms with E-state index in [9.17, 15) is 9.50 Å². The Labute approximate surface area is 127 Å². The Kier molecular flexibility index (Phi) is 6.44. The number of benzene rings is 1. The normalized spacial score (nSPS) is 26.4. The Balaban J connectivity index is 0.00000200. The summed E-state index contributed by atoms with van der Waals surface area (Å²) in [6, 6.07) is 6.89. The molecule has 0 amide bonds. The fraction of sp³-hybridized carbons (Fsp3) is 0.625. The van der Waals surface area contributed by atoms with Gasteiger partial charge < -0.3 is 10.0 Å². The van der Waals surface area contributed by atoms with Crippen LogP contribution in [0.15, 0.2) is 24.3 Å². The quantitative estimate of drug-likeness (QED) is 0.919. The molecule has 1 aliphatic rings. The van der Waals surface area contributed by atoms with Gasteiger partial charge in [-0.3, -0.25) is 0 Å². The minimum absolute atomic E-state index is 0. The van der Waals surface area contributed by atoms with Crippen LogP contribution in [-0.4, -0.2) is 36.2 Å². The molecule has 2 rings (SSSR count). The summed E-state index contributed by atoms with van der Waals surface area (Å²) in [4.78, 5) is 2.07. The molecule has 1 saturated carbocycles. The van der Waals surface area contributed by atoms with Gasteiger partial charge in [0.2, 0.25) is 0 Å². The van der Waals surface area contributed by atoms with Crippen molar-refractivity contribution in [1.82, 2.24) is 4.90 Å². The van der Waals surface area contributed by atoms with Crippen molar-refractivity contribution in [3.05, 3.63) is 35.6 Å². The van der Waals surface area contributed by atoms with Gasteiger partial charge in [-0.1, -0.05) is 31.0 Å².